The number of hydrogen-bond donors (Lipinski definition) is 1. The van der Waals surface area contributed by atoms with Gasteiger partial charge >= 0.3 is 6.61 Å². The summed E-state index contributed by atoms with van der Waals surface area (Å²) in [5.41, 5.74) is 1.76. The summed E-state index contributed by atoms with van der Waals surface area (Å²) in [6, 6.07) is 12.8. The molecule has 1 aromatic heterocycles. The topological polar surface area (TPSA) is 78.3 Å². The van der Waals surface area contributed by atoms with Crippen molar-refractivity contribution in [2.24, 2.45) is 0 Å². The second kappa shape index (κ2) is 7.81. The molecule has 0 saturated heterocycles. The molecule has 0 atom stereocenters. The fourth-order valence-electron chi connectivity index (χ4n) is 2.44. The lowest BCUT2D eigenvalue weighted by Crippen LogP contribution is -2.14. The van der Waals surface area contributed by atoms with Gasteiger partial charge in [-0.2, -0.15) is 8.78 Å². The van der Waals surface area contributed by atoms with Gasteiger partial charge in [-0.15, -0.1) is 5.10 Å². The quantitative estimate of drug-likeness (QED) is 0.715. The van der Waals surface area contributed by atoms with Gasteiger partial charge in [-0.25, -0.2) is 4.68 Å². The van der Waals surface area contributed by atoms with Crippen LogP contribution in [0.5, 0.6) is 11.5 Å². The van der Waals surface area contributed by atoms with Crippen LogP contribution in [0.25, 0.3) is 5.69 Å². The third-order valence-electron chi connectivity index (χ3n) is 3.74. The Morgan fingerprint density at radius 2 is 1.89 bits per heavy atom. The van der Waals surface area contributed by atoms with Gasteiger partial charge in [0.25, 0.3) is 5.91 Å². The number of benzene rings is 2. The minimum Gasteiger partial charge on any atom is -0.497 e. The molecular formula is C18H16F2N4O3. The van der Waals surface area contributed by atoms with Crippen molar-refractivity contribution in [2.45, 2.75) is 13.5 Å². The Bertz CT molecular complexity index is 942. The molecule has 1 N–H and O–H groups in total. The van der Waals surface area contributed by atoms with E-state index in [2.05, 4.69) is 20.4 Å². The zero-order valence-electron chi connectivity index (χ0n) is 14.5. The maximum absolute atomic E-state index is 12.5. The fourth-order valence-corrected chi connectivity index (χ4v) is 2.44. The average molecular weight is 374 g/mol. The van der Waals surface area contributed by atoms with Gasteiger partial charge in [0.05, 0.1) is 18.5 Å². The predicted molar refractivity (Wildman–Crippen MR) is 93.7 cm³/mol. The van der Waals surface area contributed by atoms with Crippen molar-refractivity contribution >= 4 is 11.6 Å². The summed E-state index contributed by atoms with van der Waals surface area (Å²) in [5, 5.41) is 10.6. The minimum atomic E-state index is -2.89. The number of aromatic nitrogens is 3. The van der Waals surface area contributed by atoms with Crippen molar-refractivity contribution in [3.8, 4) is 17.2 Å². The van der Waals surface area contributed by atoms with Crippen molar-refractivity contribution in [1.29, 1.82) is 0 Å². The van der Waals surface area contributed by atoms with Crippen LogP contribution in [0.15, 0.2) is 48.5 Å². The Hall–Kier alpha value is -3.49. The number of nitrogens with one attached hydrogen (secondary N) is 1. The van der Waals surface area contributed by atoms with Crippen molar-refractivity contribution in [2.75, 3.05) is 12.4 Å². The number of amides is 1. The molecule has 0 radical (unpaired) electrons. The van der Waals surface area contributed by atoms with Gasteiger partial charge in [-0.3, -0.25) is 4.79 Å². The summed E-state index contributed by atoms with van der Waals surface area (Å²) in [4.78, 5) is 12.5. The summed E-state index contributed by atoms with van der Waals surface area (Å²) in [7, 11) is 1.54. The molecule has 3 rings (SSSR count). The summed E-state index contributed by atoms with van der Waals surface area (Å²) in [6.45, 7) is -1.21. The third-order valence-corrected chi connectivity index (χ3v) is 3.74. The number of carbonyl (C=O) groups is 1. The molecular weight excluding hydrogens is 358 g/mol. The minimum absolute atomic E-state index is 0.0301. The van der Waals surface area contributed by atoms with Crippen LogP contribution < -0.4 is 14.8 Å². The Kier molecular flexibility index (Phi) is 5.30. The number of anilines is 1. The zero-order chi connectivity index (χ0) is 19.4. The van der Waals surface area contributed by atoms with Gasteiger partial charge < -0.3 is 14.8 Å². The molecule has 0 saturated carbocycles. The molecule has 1 heterocycles. The molecule has 0 aliphatic carbocycles. The standard InChI is InChI=1S/C18H16F2N4O3/c1-11-16(17(25)21-12-4-3-5-15(10-12)26-2)22-23-24(11)13-6-8-14(9-7-13)27-18(19)20/h3-10,18H,1-2H3,(H,21,25). The van der Waals surface area contributed by atoms with Crippen LogP contribution >= 0.6 is 0 Å². The number of halogens is 2. The predicted octanol–water partition coefficient (Wildman–Crippen LogP) is 3.44. The van der Waals surface area contributed by atoms with Gasteiger partial charge in [0.15, 0.2) is 5.69 Å². The maximum atomic E-state index is 12.5. The Morgan fingerprint density at radius 3 is 2.56 bits per heavy atom. The second-order valence-corrected chi connectivity index (χ2v) is 5.49. The van der Waals surface area contributed by atoms with Gasteiger partial charge in [0.2, 0.25) is 0 Å². The highest BCUT2D eigenvalue weighted by atomic mass is 19.3. The first kappa shape index (κ1) is 18.3. The van der Waals surface area contributed by atoms with Crippen LogP contribution in [0.1, 0.15) is 16.2 Å². The number of hydrogen-bond acceptors (Lipinski definition) is 5. The molecule has 2 aromatic carbocycles. The van der Waals surface area contributed by atoms with E-state index in [0.717, 1.165) is 0 Å². The van der Waals surface area contributed by atoms with Crippen LogP contribution in [-0.2, 0) is 0 Å². The van der Waals surface area contributed by atoms with E-state index in [1.807, 2.05) is 0 Å². The smallest absolute Gasteiger partial charge is 0.387 e. The molecule has 9 heteroatoms. The highest BCUT2D eigenvalue weighted by Crippen LogP contribution is 2.20. The van der Waals surface area contributed by atoms with E-state index in [0.29, 0.717) is 22.8 Å². The number of alkyl halides is 2. The van der Waals surface area contributed by atoms with Crippen LogP contribution in [0.4, 0.5) is 14.5 Å². The number of ether oxygens (including phenoxy) is 2. The highest BCUT2D eigenvalue weighted by Gasteiger charge is 2.18. The van der Waals surface area contributed by atoms with E-state index in [9.17, 15) is 13.6 Å². The van der Waals surface area contributed by atoms with Gasteiger partial charge in [-0.05, 0) is 43.3 Å². The molecule has 140 valence electrons. The Labute approximate surface area is 153 Å². The van der Waals surface area contributed by atoms with Crippen LogP contribution in [-0.4, -0.2) is 34.6 Å². The SMILES string of the molecule is COc1cccc(NC(=O)c2nnn(-c3ccc(OC(F)F)cc3)c2C)c1. The molecule has 0 aliphatic rings. The second-order valence-electron chi connectivity index (χ2n) is 5.49. The first-order valence-corrected chi connectivity index (χ1v) is 7.91. The zero-order valence-corrected chi connectivity index (χ0v) is 14.5. The van der Waals surface area contributed by atoms with Crippen LogP contribution in [0.2, 0.25) is 0 Å². The molecule has 1 amide bonds. The van der Waals surface area contributed by atoms with E-state index in [1.165, 1.54) is 23.9 Å². The largest absolute Gasteiger partial charge is 0.497 e. The van der Waals surface area contributed by atoms with Crippen molar-refractivity contribution in [1.82, 2.24) is 15.0 Å². The lowest BCUT2D eigenvalue weighted by molar-refractivity contribution is -0.0498. The summed E-state index contributed by atoms with van der Waals surface area (Å²) < 4.78 is 35.3. The molecule has 0 spiro atoms. The molecule has 0 bridgehead atoms. The van der Waals surface area contributed by atoms with E-state index >= 15 is 0 Å². The molecule has 0 aliphatic heterocycles. The third kappa shape index (κ3) is 4.20. The fraction of sp³-hybridized carbons (Fsp3) is 0.167. The molecule has 27 heavy (non-hydrogen) atoms. The van der Waals surface area contributed by atoms with E-state index in [-0.39, 0.29) is 11.4 Å². The normalized spacial score (nSPS) is 10.7. The Morgan fingerprint density at radius 1 is 1.15 bits per heavy atom. The van der Waals surface area contributed by atoms with Gasteiger partial charge in [-0.1, -0.05) is 11.3 Å². The first-order valence-electron chi connectivity index (χ1n) is 7.91. The van der Waals surface area contributed by atoms with Crippen molar-refractivity contribution in [3.63, 3.8) is 0 Å². The molecule has 0 fully saturated rings. The number of methoxy groups -OCH3 is 1. The monoisotopic (exact) mass is 374 g/mol. The number of nitrogens with zero attached hydrogens (tertiary/aromatic N) is 3. The highest BCUT2D eigenvalue weighted by molar-refractivity contribution is 6.03. The van der Waals surface area contributed by atoms with E-state index in [1.54, 1.807) is 43.3 Å². The van der Waals surface area contributed by atoms with E-state index in [4.69, 9.17) is 4.74 Å². The van der Waals surface area contributed by atoms with Gasteiger partial charge in [0, 0.05) is 11.8 Å². The molecule has 0 unspecified atom stereocenters. The Balaban J connectivity index is 1.79. The van der Waals surface area contributed by atoms with Crippen molar-refractivity contribution < 1.29 is 23.0 Å². The van der Waals surface area contributed by atoms with Crippen LogP contribution in [0, 0.1) is 6.92 Å². The maximum Gasteiger partial charge on any atom is 0.387 e. The summed E-state index contributed by atoms with van der Waals surface area (Å²) in [5.74, 6) is 0.214. The molecule has 3 aromatic rings. The van der Waals surface area contributed by atoms with Crippen LogP contribution in [0.3, 0.4) is 0 Å². The number of carbonyl (C=O) groups excluding carboxylic acids is 1. The summed E-state index contributed by atoms with van der Waals surface area (Å²) in [6.07, 6.45) is 0. The molecule has 7 nitrogen and oxygen atoms in total. The lowest BCUT2D eigenvalue weighted by atomic mass is 10.2. The average Bonchev–Trinajstić information content (AvgIpc) is 3.03. The van der Waals surface area contributed by atoms with Crippen molar-refractivity contribution in [3.05, 3.63) is 59.9 Å². The van der Waals surface area contributed by atoms with E-state index < -0.39 is 12.5 Å². The number of rotatable bonds is 6. The first-order chi connectivity index (χ1) is 13.0. The lowest BCUT2D eigenvalue weighted by Gasteiger charge is -2.07. The van der Waals surface area contributed by atoms with Gasteiger partial charge in [0.1, 0.15) is 11.5 Å². The summed E-state index contributed by atoms with van der Waals surface area (Å²) >= 11 is 0.